The van der Waals surface area contributed by atoms with Crippen molar-refractivity contribution in [2.45, 2.75) is 33.4 Å². The van der Waals surface area contributed by atoms with Gasteiger partial charge in [0.25, 0.3) is 5.56 Å². The Bertz CT molecular complexity index is 765. The third kappa shape index (κ3) is 4.16. The Morgan fingerprint density at radius 2 is 2.17 bits per heavy atom. The summed E-state index contributed by atoms with van der Waals surface area (Å²) in [6.45, 7) is 5.77. The number of rotatable bonds is 6. The van der Waals surface area contributed by atoms with E-state index in [1.165, 1.54) is 27.1 Å². The molecule has 7 nitrogen and oxygen atoms in total. The monoisotopic (exact) mass is 336 g/mol. The van der Waals surface area contributed by atoms with Gasteiger partial charge in [0.1, 0.15) is 11.2 Å². The van der Waals surface area contributed by atoms with Crippen LogP contribution in [0.4, 0.5) is 0 Å². The predicted molar refractivity (Wildman–Crippen MR) is 89.4 cm³/mol. The van der Waals surface area contributed by atoms with Gasteiger partial charge in [-0.05, 0) is 32.2 Å². The largest absolute Gasteiger partial charge is 0.352 e. The highest BCUT2D eigenvalue weighted by molar-refractivity contribution is 7.17. The Morgan fingerprint density at radius 1 is 1.43 bits per heavy atom. The lowest BCUT2D eigenvalue weighted by atomic mass is 10.3. The summed E-state index contributed by atoms with van der Waals surface area (Å²) < 4.78 is 1.81. The van der Waals surface area contributed by atoms with Crippen LogP contribution in [0.2, 0.25) is 0 Å². The van der Waals surface area contributed by atoms with Crippen molar-refractivity contribution >= 4 is 33.4 Å². The van der Waals surface area contributed by atoms with Crippen LogP contribution in [-0.4, -0.2) is 45.4 Å². The maximum atomic E-state index is 12.4. The van der Waals surface area contributed by atoms with E-state index in [0.29, 0.717) is 16.8 Å². The highest BCUT2D eigenvalue weighted by Crippen LogP contribution is 2.13. The van der Waals surface area contributed by atoms with E-state index in [9.17, 15) is 14.4 Å². The quantitative estimate of drug-likeness (QED) is 0.847. The molecule has 0 fully saturated rings. The molecule has 2 aromatic rings. The Labute approximate surface area is 137 Å². The summed E-state index contributed by atoms with van der Waals surface area (Å²) >= 11 is 1.30. The standard InChI is InChI=1S/C15H20N4O3S/c1-4-18(7-12(20)17-10(2)3)13(21)8-19-9-16-11-5-6-23-14(11)15(19)22/h5-6,9-10H,4,7-8H2,1-3H3,(H,17,20). The number of nitrogens with one attached hydrogen (secondary N) is 1. The summed E-state index contributed by atoms with van der Waals surface area (Å²) in [5, 5.41) is 4.54. The van der Waals surface area contributed by atoms with Gasteiger partial charge >= 0.3 is 0 Å². The highest BCUT2D eigenvalue weighted by Gasteiger charge is 2.17. The second-order valence-electron chi connectivity index (χ2n) is 5.44. The van der Waals surface area contributed by atoms with Crippen LogP contribution >= 0.6 is 11.3 Å². The van der Waals surface area contributed by atoms with Gasteiger partial charge in [-0.2, -0.15) is 0 Å². The van der Waals surface area contributed by atoms with E-state index < -0.39 is 0 Å². The van der Waals surface area contributed by atoms with Gasteiger partial charge in [-0.25, -0.2) is 4.98 Å². The number of nitrogens with zero attached hydrogens (tertiary/aromatic N) is 3. The molecule has 8 heteroatoms. The molecule has 0 aliphatic heterocycles. The zero-order chi connectivity index (χ0) is 17.0. The Hall–Kier alpha value is -2.22. The lowest BCUT2D eigenvalue weighted by molar-refractivity contribution is -0.136. The first-order valence-electron chi connectivity index (χ1n) is 7.42. The number of carbonyl (C=O) groups excluding carboxylic acids is 2. The van der Waals surface area contributed by atoms with Crippen LogP contribution in [0.25, 0.3) is 10.2 Å². The molecule has 0 bridgehead atoms. The Kier molecular flexibility index (Phi) is 5.49. The molecule has 0 saturated carbocycles. The molecule has 0 unspecified atom stereocenters. The molecule has 23 heavy (non-hydrogen) atoms. The molecule has 0 aliphatic rings. The molecule has 0 aromatic carbocycles. The van der Waals surface area contributed by atoms with Crippen molar-refractivity contribution in [3.05, 3.63) is 28.1 Å². The van der Waals surface area contributed by atoms with E-state index in [1.807, 2.05) is 13.8 Å². The number of carbonyl (C=O) groups is 2. The van der Waals surface area contributed by atoms with E-state index in [1.54, 1.807) is 18.4 Å². The second kappa shape index (κ2) is 7.36. The minimum absolute atomic E-state index is 0.0169. The summed E-state index contributed by atoms with van der Waals surface area (Å²) in [6, 6.07) is 1.78. The maximum Gasteiger partial charge on any atom is 0.271 e. The predicted octanol–water partition coefficient (Wildman–Crippen LogP) is 0.831. The minimum Gasteiger partial charge on any atom is -0.352 e. The van der Waals surface area contributed by atoms with Gasteiger partial charge in [-0.3, -0.25) is 19.0 Å². The van der Waals surface area contributed by atoms with Crippen LogP contribution in [0, 0.1) is 0 Å². The first-order chi connectivity index (χ1) is 10.9. The fraction of sp³-hybridized carbons (Fsp3) is 0.467. The zero-order valence-corrected chi connectivity index (χ0v) is 14.2. The number of likely N-dealkylation sites (N-methyl/N-ethyl adjacent to an activating group) is 1. The van der Waals surface area contributed by atoms with Gasteiger partial charge in [-0.1, -0.05) is 0 Å². The highest BCUT2D eigenvalue weighted by atomic mass is 32.1. The van der Waals surface area contributed by atoms with Crippen molar-refractivity contribution in [2.75, 3.05) is 13.1 Å². The fourth-order valence-corrected chi connectivity index (χ4v) is 2.95. The van der Waals surface area contributed by atoms with Gasteiger partial charge in [-0.15, -0.1) is 11.3 Å². The zero-order valence-electron chi connectivity index (χ0n) is 13.4. The van der Waals surface area contributed by atoms with Gasteiger partial charge < -0.3 is 10.2 Å². The fourth-order valence-electron chi connectivity index (χ4n) is 2.15. The van der Waals surface area contributed by atoms with Gasteiger partial charge in [0.15, 0.2) is 0 Å². The number of hydrogen-bond acceptors (Lipinski definition) is 5. The normalized spacial score (nSPS) is 11.0. The summed E-state index contributed by atoms with van der Waals surface area (Å²) in [7, 11) is 0. The van der Waals surface area contributed by atoms with Crippen molar-refractivity contribution in [1.82, 2.24) is 19.8 Å². The lowest BCUT2D eigenvalue weighted by Gasteiger charge is -2.21. The summed E-state index contributed by atoms with van der Waals surface area (Å²) in [5.41, 5.74) is 0.397. The summed E-state index contributed by atoms with van der Waals surface area (Å²) in [6.07, 6.45) is 1.37. The molecule has 2 aromatic heterocycles. The van der Waals surface area contributed by atoms with E-state index in [4.69, 9.17) is 0 Å². The van der Waals surface area contributed by atoms with E-state index in [0.717, 1.165) is 0 Å². The van der Waals surface area contributed by atoms with Crippen molar-refractivity contribution in [2.24, 2.45) is 0 Å². The molecule has 0 saturated heterocycles. The van der Waals surface area contributed by atoms with Gasteiger partial charge in [0.2, 0.25) is 11.8 Å². The van der Waals surface area contributed by atoms with Crippen LogP contribution < -0.4 is 10.9 Å². The van der Waals surface area contributed by atoms with Crippen molar-refractivity contribution in [1.29, 1.82) is 0 Å². The maximum absolute atomic E-state index is 12.4. The smallest absolute Gasteiger partial charge is 0.271 e. The number of amides is 2. The van der Waals surface area contributed by atoms with Crippen molar-refractivity contribution < 1.29 is 9.59 Å². The molecule has 0 radical (unpaired) electrons. The molecular formula is C15H20N4O3S. The third-order valence-electron chi connectivity index (χ3n) is 3.26. The molecule has 2 rings (SSSR count). The molecule has 1 N–H and O–H groups in total. The minimum atomic E-state index is -0.286. The van der Waals surface area contributed by atoms with E-state index in [-0.39, 0.29) is 36.5 Å². The van der Waals surface area contributed by atoms with Crippen molar-refractivity contribution in [3.8, 4) is 0 Å². The molecule has 0 aliphatic carbocycles. The van der Waals surface area contributed by atoms with Crippen molar-refractivity contribution in [3.63, 3.8) is 0 Å². The van der Waals surface area contributed by atoms with Crippen LogP contribution in [0.5, 0.6) is 0 Å². The van der Waals surface area contributed by atoms with Crippen LogP contribution in [0.1, 0.15) is 20.8 Å². The number of fused-ring (bicyclic) bond motifs is 1. The lowest BCUT2D eigenvalue weighted by Crippen LogP contribution is -2.44. The molecule has 2 amide bonds. The third-order valence-corrected chi connectivity index (χ3v) is 4.15. The van der Waals surface area contributed by atoms with Gasteiger partial charge in [0.05, 0.1) is 18.4 Å². The average molecular weight is 336 g/mol. The van der Waals surface area contributed by atoms with Gasteiger partial charge in [0, 0.05) is 12.6 Å². The molecule has 124 valence electrons. The van der Waals surface area contributed by atoms with Crippen LogP contribution in [-0.2, 0) is 16.1 Å². The van der Waals surface area contributed by atoms with E-state index in [2.05, 4.69) is 10.3 Å². The molecule has 2 heterocycles. The molecule has 0 spiro atoms. The van der Waals surface area contributed by atoms with Crippen LogP contribution in [0.3, 0.4) is 0 Å². The number of hydrogen-bond donors (Lipinski definition) is 1. The summed E-state index contributed by atoms with van der Waals surface area (Å²) in [5.74, 6) is -0.499. The number of thiophene rings is 1. The van der Waals surface area contributed by atoms with E-state index >= 15 is 0 Å². The Balaban J connectivity index is 2.10. The first-order valence-corrected chi connectivity index (χ1v) is 8.30. The second-order valence-corrected chi connectivity index (χ2v) is 6.36. The summed E-state index contributed by atoms with van der Waals surface area (Å²) in [4.78, 5) is 42.0. The van der Waals surface area contributed by atoms with Crippen LogP contribution in [0.15, 0.2) is 22.6 Å². The Morgan fingerprint density at radius 3 is 2.83 bits per heavy atom. The first kappa shape index (κ1) is 17.1. The number of aromatic nitrogens is 2. The topological polar surface area (TPSA) is 84.3 Å². The molecule has 0 atom stereocenters. The molecular weight excluding hydrogens is 316 g/mol. The average Bonchev–Trinajstić information content (AvgIpc) is 2.96. The SMILES string of the molecule is CCN(CC(=O)NC(C)C)C(=O)Cn1cnc2ccsc2c1=O.